The Kier molecular flexibility index (Phi) is 6.28. The summed E-state index contributed by atoms with van der Waals surface area (Å²) in [5.74, 6) is 1.33. The molecule has 1 aromatic carbocycles. The zero-order valence-corrected chi connectivity index (χ0v) is 13.6. The number of benzene rings is 1. The van der Waals surface area contributed by atoms with Crippen molar-refractivity contribution in [3.63, 3.8) is 0 Å². The Morgan fingerprint density at radius 3 is 2.30 bits per heavy atom. The number of alkyl halides is 3. The molecule has 0 N–H and O–H groups in total. The van der Waals surface area contributed by atoms with E-state index in [0.717, 1.165) is 25.2 Å². The molecule has 1 saturated carbocycles. The van der Waals surface area contributed by atoms with Crippen molar-refractivity contribution in [3.8, 4) is 0 Å². The number of hydrogen-bond acceptors (Lipinski definition) is 1. The number of halogens is 3. The molecule has 4 heteroatoms. The lowest BCUT2D eigenvalue weighted by Crippen LogP contribution is -2.16. The first kappa shape index (κ1) is 18.1. The van der Waals surface area contributed by atoms with Gasteiger partial charge in [0.2, 0.25) is 0 Å². The zero-order valence-electron chi connectivity index (χ0n) is 13.6. The normalized spacial score (nSPS) is 23.5. The van der Waals surface area contributed by atoms with E-state index in [0.29, 0.717) is 11.5 Å². The number of allylic oxidation sites excluding steroid dienone is 1. The van der Waals surface area contributed by atoms with E-state index < -0.39 is 12.5 Å². The predicted octanol–water partition coefficient (Wildman–Crippen LogP) is 6.52. The summed E-state index contributed by atoms with van der Waals surface area (Å²) in [6.45, 7) is 5.20. The van der Waals surface area contributed by atoms with Crippen molar-refractivity contribution in [2.45, 2.75) is 63.8 Å². The Balaban J connectivity index is 1.89. The molecule has 0 aromatic heterocycles. The lowest BCUT2D eigenvalue weighted by molar-refractivity contribution is -0.342. The van der Waals surface area contributed by atoms with Gasteiger partial charge >= 0.3 is 6.36 Å². The average Bonchev–Trinajstić information content (AvgIpc) is 2.52. The summed E-state index contributed by atoms with van der Waals surface area (Å²) in [7, 11) is 0. The monoisotopic (exact) mass is 326 g/mol. The van der Waals surface area contributed by atoms with E-state index in [1.54, 1.807) is 12.1 Å². The van der Waals surface area contributed by atoms with Gasteiger partial charge in [-0.3, -0.25) is 4.74 Å². The Morgan fingerprint density at radius 2 is 1.78 bits per heavy atom. The fourth-order valence-corrected chi connectivity index (χ4v) is 3.45. The molecule has 128 valence electrons. The molecule has 1 atom stereocenters. The van der Waals surface area contributed by atoms with E-state index in [4.69, 9.17) is 0 Å². The summed E-state index contributed by atoms with van der Waals surface area (Å²) < 4.78 is 40.8. The fraction of sp³-hybridized carbons (Fsp3) is 0.579. The minimum atomic E-state index is -4.60. The summed E-state index contributed by atoms with van der Waals surface area (Å²) in [5, 5.41) is 0. The zero-order chi connectivity index (χ0) is 16.9. The summed E-state index contributed by atoms with van der Waals surface area (Å²) >= 11 is 0. The van der Waals surface area contributed by atoms with E-state index in [2.05, 4.69) is 11.3 Å². The van der Waals surface area contributed by atoms with Crippen molar-refractivity contribution >= 4 is 0 Å². The average molecular weight is 326 g/mol. The fourth-order valence-electron chi connectivity index (χ4n) is 3.45. The molecule has 23 heavy (non-hydrogen) atoms. The summed E-state index contributed by atoms with van der Waals surface area (Å²) in [4.78, 5) is 0. The second-order valence-corrected chi connectivity index (χ2v) is 6.46. The standard InChI is InChI=1S/C19H25F3O/c1-3-4-5-15-6-8-17(9-7-15)18-12-10-16(11-13-18)14(2)23-19(20,21)22/h3,10-15,17H,1,4-9H2,2H3. The molecule has 1 fully saturated rings. The Labute approximate surface area is 136 Å². The highest BCUT2D eigenvalue weighted by Gasteiger charge is 2.32. The molecule has 0 aliphatic heterocycles. The van der Waals surface area contributed by atoms with Crippen molar-refractivity contribution in [1.29, 1.82) is 0 Å². The van der Waals surface area contributed by atoms with Gasteiger partial charge in [-0.15, -0.1) is 19.8 Å². The Bertz CT molecular complexity index is 484. The molecule has 2 rings (SSSR count). The Hall–Kier alpha value is -1.29. The van der Waals surface area contributed by atoms with Crippen molar-refractivity contribution in [1.82, 2.24) is 0 Å². The quantitative estimate of drug-likeness (QED) is 0.540. The van der Waals surface area contributed by atoms with Gasteiger partial charge in [0.05, 0.1) is 6.10 Å². The molecule has 0 bridgehead atoms. The smallest absolute Gasteiger partial charge is 0.284 e. The van der Waals surface area contributed by atoms with Gasteiger partial charge in [0, 0.05) is 0 Å². The van der Waals surface area contributed by atoms with Crippen LogP contribution in [0.1, 0.15) is 68.6 Å². The highest BCUT2D eigenvalue weighted by molar-refractivity contribution is 5.27. The van der Waals surface area contributed by atoms with Crippen molar-refractivity contribution < 1.29 is 17.9 Å². The number of rotatable bonds is 6. The van der Waals surface area contributed by atoms with E-state index in [1.165, 1.54) is 31.7 Å². The van der Waals surface area contributed by atoms with Gasteiger partial charge in [-0.05, 0) is 68.4 Å². The lowest BCUT2D eigenvalue weighted by atomic mass is 9.77. The van der Waals surface area contributed by atoms with Crippen LogP contribution >= 0.6 is 0 Å². The molecular formula is C19H25F3O. The van der Waals surface area contributed by atoms with Crippen molar-refractivity contribution in [2.75, 3.05) is 0 Å². The van der Waals surface area contributed by atoms with Crippen LogP contribution in [0.25, 0.3) is 0 Å². The lowest BCUT2D eigenvalue weighted by Gasteiger charge is -2.29. The van der Waals surface area contributed by atoms with Gasteiger partial charge in [-0.25, -0.2) is 0 Å². The third-order valence-electron chi connectivity index (χ3n) is 4.81. The Morgan fingerprint density at radius 1 is 1.17 bits per heavy atom. The van der Waals surface area contributed by atoms with Crippen LogP contribution in [0, 0.1) is 5.92 Å². The van der Waals surface area contributed by atoms with Crippen LogP contribution in [0.2, 0.25) is 0 Å². The topological polar surface area (TPSA) is 9.23 Å². The second-order valence-electron chi connectivity index (χ2n) is 6.46. The van der Waals surface area contributed by atoms with Crippen molar-refractivity contribution in [3.05, 3.63) is 48.0 Å². The minimum absolute atomic E-state index is 0.530. The van der Waals surface area contributed by atoms with E-state index in [-0.39, 0.29) is 0 Å². The molecule has 0 spiro atoms. The SMILES string of the molecule is C=CCCC1CCC(c2ccc(C(C)OC(F)(F)F)cc2)CC1. The molecular weight excluding hydrogens is 301 g/mol. The number of ether oxygens (including phenoxy) is 1. The molecule has 0 saturated heterocycles. The molecule has 0 amide bonds. The van der Waals surface area contributed by atoms with Crippen LogP contribution in [0.5, 0.6) is 0 Å². The molecule has 1 nitrogen and oxygen atoms in total. The van der Waals surface area contributed by atoms with E-state index in [9.17, 15) is 13.2 Å². The van der Waals surface area contributed by atoms with Gasteiger partial charge in [-0.2, -0.15) is 0 Å². The van der Waals surface area contributed by atoms with Gasteiger partial charge in [-0.1, -0.05) is 30.3 Å². The molecule has 1 unspecified atom stereocenters. The highest BCUT2D eigenvalue weighted by Crippen LogP contribution is 2.38. The molecule has 0 heterocycles. The maximum atomic E-state index is 12.3. The van der Waals surface area contributed by atoms with Gasteiger partial charge in [0.25, 0.3) is 0 Å². The van der Waals surface area contributed by atoms with Crippen LogP contribution in [-0.2, 0) is 4.74 Å². The van der Waals surface area contributed by atoms with Crippen LogP contribution in [0.4, 0.5) is 13.2 Å². The summed E-state index contributed by atoms with van der Waals surface area (Å²) in [5.41, 5.74) is 1.79. The summed E-state index contributed by atoms with van der Waals surface area (Å²) in [6, 6.07) is 7.44. The summed E-state index contributed by atoms with van der Waals surface area (Å²) in [6.07, 6.45) is 3.51. The molecule has 1 aliphatic carbocycles. The molecule has 0 radical (unpaired) electrons. The highest BCUT2D eigenvalue weighted by atomic mass is 19.4. The van der Waals surface area contributed by atoms with Crippen LogP contribution in [-0.4, -0.2) is 6.36 Å². The number of hydrogen-bond donors (Lipinski definition) is 0. The van der Waals surface area contributed by atoms with Gasteiger partial charge in [0.15, 0.2) is 0 Å². The van der Waals surface area contributed by atoms with Crippen LogP contribution in [0.15, 0.2) is 36.9 Å². The molecule has 1 aromatic rings. The third kappa shape index (κ3) is 5.69. The first-order valence-corrected chi connectivity index (χ1v) is 8.34. The largest absolute Gasteiger partial charge is 0.523 e. The van der Waals surface area contributed by atoms with Crippen molar-refractivity contribution in [2.24, 2.45) is 5.92 Å². The maximum Gasteiger partial charge on any atom is 0.523 e. The maximum absolute atomic E-state index is 12.3. The van der Waals surface area contributed by atoms with Crippen LogP contribution in [0.3, 0.4) is 0 Å². The van der Waals surface area contributed by atoms with Gasteiger partial charge in [0.1, 0.15) is 0 Å². The van der Waals surface area contributed by atoms with E-state index >= 15 is 0 Å². The van der Waals surface area contributed by atoms with Gasteiger partial charge < -0.3 is 0 Å². The molecule has 1 aliphatic rings. The van der Waals surface area contributed by atoms with Crippen LogP contribution < -0.4 is 0 Å². The predicted molar refractivity (Wildman–Crippen MR) is 86.1 cm³/mol. The minimum Gasteiger partial charge on any atom is -0.284 e. The first-order chi connectivity index (χ1) is 10.9. The second kappa shape index (κ2) is 8.00. The first-order valence-electron chi connectivity index (χ1n) is 8.34. The third-order valence-corrected chi connectivity index (χ3v) is 4.81. The van der Waals surface area contributed by atoms with E-state index in [1.807, 2.05) is 18.2 Å².